The third kappa shape index (κ3) is 8.90. The van der Waals surface area contributed by atoms with Crippen molar-refractivity contribution in [3.8, 4) is 44.5 Å². The smallest absolute Gasteiger partial charge is 0.0714 e. The van der Waals surface area contributed by atoms with Gasteiger partial charge in [0, 0.05) is 32.4 Å². The first-order valence-corrected chi connectivity index (χ1v) is 29.7. The first-order chi connectivity index (χ1) is 40.5. The first kappa shape index (κ1) is 56.2. The van der Waals surface area contributed by atoms with Gasteiger partial charge in [0.05, 0.1) is 10.8 Å². The fourth-order valence-corrected chi connectivity index (χ4v) is 15.0. The molecule has 85 heavy (non-hydrogen) atoms. The lowest BCUT2D eigenvalue weighted by molar-refractivity contribution is 0.660. The number of halogens is 1. The minimum Gasteiger partial charge on any atom is -0.399 e. The molecule has 4 aliphatic rings. The second kappa shape index (κ2) is 22.0. The molecule has 12 aromatic carbocycles. The van der Waals surface area contributed by atoms with Crippen LogP contribution in [0.4, 0.5) is 17.1 Å². The third-order valence-electron chi connectivity index (χ3n) is 18.4. The van der Waals surface area contributed by atoms with Gasteiger partial charge in [-0.1, -0.05) is 301 Å². The van der Waals surface area contributed by atoms with Crippen molar-refractivity contribution >= 4 is 33.0 Å². The Morgan fingerprint density at radius 3 is 1.02 bits per heavy atom. The quantitative estimate of drug-likeness (QED) is 0.163. The highest BCUT2D eigenvalue weighted by Crippen LogP contribution is 2.58. The van der Waals surface area contributed by atoms with Crippen molar-refractivity contribution in [3.63, 3.8) is 0 Å². The van der Waals surface area contributed by atoms with E-state index in [-0.39, 0.29) is 31.1 Å². The Morgan fingerprint density at radius 2 is 0.588 bits per heavy atom. The molecule has 0 spiro atoms. The predicted octanol–water partition coefficient (Wildman–Crippen LogP) is 21.8. The first-order valence-electron chi connectivity index (χ1n) is 28.9. The summed E-state index contributed by atoms with van der Waals surface area (Å²) >= 11 is 3.56. The summed E-state index contributed by atoms with van der Waals surface area (Å²) in [5, 5.41) is 3.78. The summed E-state index contributed by atoms with van der Waals surface area (Å²) in [5.74, 6) is 0. The van der Waals surface area contributed by atoms with Gasteiger partial charge >= 0.3 is 0 Å². The number of nitrogens with two attached hydrogens (primary N) is 1. The number of benzene rings is 12. The summed E-state index contributed by atoms with van der Waals surface area (Å²) in [6, 6.07) is 105. The average Bonchev–Trinajstić information content (AvgIpc) is 1.86. The van der Waals surface area contributed by atoms with Crippen LogP contribution in [0.3, 0.4) is 0 Å². The summed E-state index contributed by atoms with van der Waals surface area (Å²) in [6.07, 6.45) is 0. The summed E-state index contributed by atoms with van der Waals surface area (Å²) in [5.41, 5.74) is 35.2. The molecular formula is C82H71BrN2. The molecule has 16 rings (SSSR count). The van der Waals surface area contributed by atoms with Crippen molar-refractivity contribution in [2.75, 3.05) is 11.1 Å². The molecular weight excluding hydrogens is 1090 g/mol. The Morgan fingerprint density at radius 1 is 0.271 bits per heavy atom. The van der Waals surface area contributed by atoms with Crippen LogP contribution in [0.2, 0.25) is 0 Å². The maximum Gasteiger partial charge on any atom is 0.0714 e. The van der Waals surface area contributed by atoms with Gasteiger partial charge in [-0.3, -0.25) is 0 Å². The van der Waals surface area contributed by atoms with E-state index in [0.717, 1.165) is 21.5 Å². The Hall–Kier alpha value is -9.28. The van der Waals surface area contributed by atoms with Crippen molar-refractivity contribution in [3.05, 3.63) is 362 Å². The number of rotatable bonds is 6. The zero-order valence-corrected chi connectivity index (χ0v) is 48.8. The third-order valence-corrected chi connectivity index (χ3v) is 18.8. The van der Waals surface area contributed by atoms with E-state index in [1.165, 1.54) is 111 Å². The highest BCUT2D eigenvalue weighted by Gasteiger charge is 2.47. The second-order valence-electron chi connectivity index (χ2n) is 23.5. The highest BCUT2D eigenvalue weighted by molar-refractivity contribution is 9.10. The zero-order valence-electron chi connectivity index (χ0n) is 47.2. The zero-order chi connectivity index (χ0) is 56.5. The van der Waals surface area contributed by atoms with Crippen LogP contribution < -0.4 is 11.1 Å². The molecule has 0 bridgehead atoms. The molecule has 4 aliphatic carbocycles. The largest absolute Gasteiger partial charge is 0.399 e. The molecule has 3 heteroatoms. The van der Waals surface area contributed by atoms with E-state index in [4.69, 9.17) is 5.73 Å². The molecule has 2 nitrogen and oxygen atoms in total. The van der Waals surface area contributed by atoms with Crippen molar-refractivity contribution in [1.29, 1.82) is 0 Å². The molecule has 0 unspecified atom stereocenters. The van der Waals surface area contributed by atoms with Gasteiger partial charge in [0.25, 0.3) is 0 Å². The number of nitrogens with one attached hydrogen (secondary N) is 1. The fraction of sp³-hybridized carbons (Fsp3) is 0.122. The van der Waals surface area contributed by atoms with Gasteiger partial charge in [-0.25, -0.2) is 0 Å². The molecule has 3 N–H and O–H groups in total. The second-order valence-corrected chi connectivity index (χ2v) is 24.5. The molecule has 0 heterocycles. The molecule has 12 aromatic rings. The minimum absolute atomic E-state index is 0. The van der Waals surface area contributed by atoms with E-state index >= 15 is 0 Å². The van der Waals surface area contributed by atoms with E-state index in [0.29, 0.717) is 0 Å². The van der Waals surface area contributed by atoms with E-state index < -0.39 is 5.41 Å². The van der Waals surface area contributed by atoms with Gasteiger partial charge in [-0.15, -0.1) is 0 Å². The van der Waals surface area contributed by atoms with Gasteiger partial charge in [0.1, 0.15) is 0 Å². The van der Waals surface area contributed by atoms with Crippen molar-refractivity contribution < 1.29 is 0 Å². The molecule has 0 fully saturated rings. The molecule has 0 saturated carbocycles. The Bertz CT molecular complexity index is 4360. The number of anilines is 3. The monoisotopic (exact) mass is 1160 g/mol. The van der Waals surface area contributed by atoms with Crippen LogP contribution >= 0.6 is 15.9 Å². The molecule has 0 aromatic heterocycles. The Balaban J connectivity index is 0.000000137. The number of hydrogen-bond donors (Lipinski definition) is 2. The molecule has 0 amide bonds. The number of hydrogen-bond acceptors (Lipinski definition) is 2. The van der Waals surface area contributed by atoms with Crippen LogP contribution in [-0.2, 0) is 21.7 Å². The SMILES string of the molecule is C.C.CC1(C)c2ccccc2-c2ccc(Br)cc21.CC1(C)c2ccccc2-c2ccc(Nc3cccc(C4(c5ccccc5)c5ccccc5-c5ccccc54)c3)cc21.Nc1cccc(C2(c3ccccc3)c3ccccc3-c3ccccc32)c1. The summed E-state index contributed by atoms with van der Waals surface area (Å²) < 4.78 is 1.16. The Labute approximate surface area is 511 Å². The van der Waals surface area contributed by atoms with Crippen LogP contribution in [-0.4, -0.2) is 0 Å². The molecule has 416 valence electrons. The molecule has 0 radical (unpaired) electrons. The van der Waals surface area contributed by atoms with Crippen molar-refractivity contribution in [1.82, 2.24) is 0 Å². The van der Waals surface area contributed by atoms with E-state index in [1.807, 2.05) is 6.07 Å². The lowest BCUT2D eigenvalue weighted by Gasteiger charge is -2.34. The average molecular weight is 1160 g/mol. The molecule has 0 saturated heterocycles. The minimum atomic E-state index is -0.395. The normalized spacial score (nSPS) is 14.4. The van der Waals surface area contributed by atoms with E-state index in [9.17, 15) is 0 Å². The van der Waals surface area contributed by atoms with E-state index in [2.05, 4.69) is 334 Å². The predicted molar refractivity (Wildman–Crippen MR) is 364 cm³/mol. The maximum atomic E-state index is 6.20. The van der Waals surface area contributed by atoms with Crippen LogP contribution in [0.1, 0.15) is 109 Å². The van der Waals surface area contributed by atoms with Gasteiger partial charge in [0.2, 0.25) is 0 Å². The van der Waals surface area contributed by atoms with Gasteiger partial charge in [-0.2, -0.15) is 0 Å². The van der Waals surface area contributed by atoms with Gasteiger partial charge in [-0.05, 0) is 160 Å². The summed E-state index contributed by atoms with van der Waals surface area (Å²) in [7, 11) is 0. The summed E-state index contributed by atoms with van der Waals surface area (Å²) in [6.45, 7) is 9.26. The van der Waals surface area contributed by atoms with Crippen molar-refractivity contribution in [2.24, 2.45) is 0 Å². The standard InChI is InChI=1S/C40H31N.C25H19N.C15H13Br.2CH4/c1-39(2)35-20-9-6-17-31(35)34-24-23-30(26-38(34)39)41-29-16-12-15-28(25-29)40(27-13-4-3-5-14-27)36-21-10-7-18-32(36)33-19-8-11-22-37(33)40;26-20-12-8-11-19(17-20)25(18-9-2-1-3-10-18)23-15-6-4-13-21(23)22-14-5-7-16-24(22)25;1-15(2)13-6-4-3-5-11(13)12-8-7-10(16)9-14(12)15;;/h3-26,41H,1-2H3;1-17H,26H2;3-9H,1-2H3;2*1H4. The molecule has 0 atom stereocenters. The van der Waals surface area contributed by atoms with Crippen LogP contribution in [0.5, 0.6) is 0 Å². The molecule has 0 aliphatic heterocycles. The number of nitrogen functional groups attached to an aromatic ring is 1. The lowest BCUT2D eigenvalue weighted by atomic mass is 9.67. The van der Waals surface area contributed by atoms with Crippen LogP contribution in [0.15, 0.2) is 296 Å². The maximum absolute atomic E-state index is 6.20. The van der Waals surface area contributed by atoms with Crippen molar-refractivity contribution in [2.45, 2.75) is 64.2 Å². The van der Waals surface area contributed by atoms with Gasteiger partial charge in [0.15, 0.2) is 0 Å². The van der Waals surface area contributed by atoms with Gasteiger partial charge < -0.3 is 11.1 Å². The lowest BCUT2D eigenvalue weighted by Crippen LogP contribution is -2.28. The Kier molecular flexibility index (Phi) is 14.6. The topological polar surface area (TPSA) is 38.0 Å². The van der Waals surface area contributed by atoms with Crippen LogP contribution in [0.25, 0.3) is 44.5 Å². The van der Waals surface area contributed by atoms with Crippen LogP contribution in [0, 0.1) is 0 Å². The number of fused-ring (bicyclic) bond motifs is 12. The summed E-state index contributed by atoms with van der Waals surface area (Å²) in [4.78, 5) is 0. The highest BCUT2D eigenvalue weighted by atomic mass is 79.9. The van der Waals surface area contributed by atoms with E-state index in [1.54, 1.807) is 0 Å². The fourth-order valence-electron chi connectivity index (χ4n) is 14.7.